The summed E-state index contributed by atoms with van der Waals surface area (Å²) in [6.07, 6.45) is 0. The zero-order chi connectivity index (χ0) is 17.6. The summed E-state index contributed by atoms with van der Waals surface area (Å²) in [7, 11) is 3.17. The van der Waals surface area contributed by atoms with Gasteiger partial charge >= 0.3 is 6.03 Å². The first-order chi connectivity index (χ1) is 12.2. The molecule has 0 bridgehead atoms. The van der Waals surface area contributed by atoms with Crippen LogP contribution < -0.4 is 19.7 Å². The summed E-state index contributed by atoms with van der Waals surface area (Å²) in [4.78, 5) is 16.7. The average molecular weight is 341 g/mol. The molecule has 1 heterocycles. The summed E-state index contributed by atoms with van der Waals surface area (Å²) in [6.45, 7) is 2.97. The van der Waals surface area contributed by atoms with E-state index < -0.39 is 0 Å². The van der Waals surface area contributed by atoms with Crippen LogP contribution >= 0.6 is 0 Å². The maximum absolute atomic E-state index is 12.6. The molecule has 132 valence electrons. The number of carbonyl (C=O) groups is 1. The third-order valence-corrected chi connectivity index (χ3v) is 4.34. The van der Waals surface area contributed by atoms with Crippen molar-refractivity contribution in [3.05, 3.63) is 48.5 Å². The van der Waals surface area contributed by atoms with Crippen LogP contribution in [-0.2, 0) is 0 Å². The van der Waals surface area contributed by atoms with E-state index in [-0.39, 0.29) is 6.03 Å². The zero-order valence-corrected chi connectivity index (χ0v) is 14.6. The van der Waals surface area contributed by atoms with Crippen molar-refractivity contribution in [1.82, 2.24) is 4.90 Å². The molecule has 2 aromatic rings. The van der Waals surface area contributed by atoms with Gasteiger partial charge in [-0.1, -0.05) is 18.2 Å². The Balaban J connectivity index is 1.62. The monoisotopic (exact) mass is 341 g/mol. The summed E-state index contributed by atoms with van der Waals surface area (Å²) in [5.41, 5.74) is 1.80. The maximum atomic E-state index is 12.6. The van der Waals surface area contributed by atoms with Gasteiger partial charge in [-0.15, -0.1) is 0 Å². The van der Waals surface area contributed by atoms with Crippen LogP contribution in [0.15, 0.2) is 48.5 Å². The van der Waals surface area contributed by atoms with Crippen LogP contribution in [0.2, 0.25) is 0 Å². The highest BCUT2D eigenvalue weighted by Gasteiger charge is 2.22. The normalized spacial score (nSPS) is 14.2. The number of methoxy groups -OCH3 is 2. The highest BCUT2D eigenvalue weighted by atomic mass is 16.5. The van der Waals surface area contributed by atoms with E-state index in [2.05, 4.69) is 22.3 Å². The molecule has 1 fully saturated rings. The molecule has 0 atom stereocenters. The number of amides is 2. The Hall–Kier alpha value is -2.89. The third-order valence-electron chi connectivity index (χ3n) is 4.34. The molecule has 0 radical (unpaired) electrons. The molecule has 3 rings (SSSR count). The Kier molecular flexibility index (Phi) is 5.28. The van der Waals surface area contributed by atoms with Crippen molar-refractivity contribution in [2.45, 2.75) is 0 Å². The Bertz CT molecular complexity index is 713. The van der Waals surface area contributed by atoms with Gasteiger partial charge in [0.15, 0.2) is 0 Å². The molecule has 6 nitrogen and oxygen atoms in total. The van der Waals surface area contributed by atoms with Crippen molar-refractivity contribution in [3.8, 4) is 11.5 Å². The van der Waals surface area contributed by atoms with Crippen LogP contribution in [0.1, 0.15) is 0 Å². The molecule has 2 aromatic carbocycles. The molecule has 25 heavy (non-hydrogen) atoms. The Morgan fingerprint density at radius 2 is 1.68 bits per heavy atom. The van der Waals surface area contributed by atoms with E-state index >= 15 is 0 Å². The predicted molar refractivity (Wildman–Crippen MR) is 98.8 cm³/mol. The SMILES string of the molecule is COc1ccc(OC)c(NC(=O)N2CCN(c3ccccc3)CC2)c1. The standard InChI is InChI=1S/C19H23N3O3/c1-24-16-8-9-18(25-2)17(14-16)20-19(23)22-12-10-21(11-13-22)15-6-4-3-5-7-15/h3-9,14H,10-13H2,1-2H3,(H,20,23). The molecule has 1 aliphatic heterocycles. The fourth-order valence-corrected chi connectivity index (χ4v) is 2.91. The number of nitrogens with zero attached hydrogens (tertiary/aromatic N) is 2. The molecule has 6 heteroatoms. The van der Waals surface area contributed by atoms with Crippen LogP contribution in [-0.4, -0.2) is 51.3 Å². The molecule has 1 saturated heterocycles. The van der Waals surface area contributed by atoms with Gasteiger partial charge in [-0.3, -0.25) is 0 Å². The number of rotatable bonds is 4. The zero-order valence-electron chi connectivity index (χ0n) is 14.6. The highest BCUT2D eigenvalue weighted by Crippen LogP contribution is 2.29. The number of para-hydroxylation sites is 1. The molecule has 0 aliphatic carbocycles. The van der Waals surface area contributed by atoms with E-state index in [1.54, 1.807) is 32.4 Å². The highest BCUT2D eigenvalue weighted by molar-refractivity contribution is 5.91. The lowest BCUT2D eigenvalue weighted by atomic mass is 10.2. The molecular weight excluding hydrogens is 318 g/mol. The molecule has 0 aromatic heterocycles. The van der Waals surface area contributed by atoms with Crippen molar-refractivity contribution < 1.29 is 14.3 Å². The van der Waals surface area contributed by atoms with E-state index in [1.807, 2.05) is 23.1 Å². The third kappa shape index (κ3) is 3.96. The second-order valence-electron chi connectivity index (χ2n) is 5.81. The van der Waals surface area contributed by atoms with Crippen LogP contribution in [0.4, 0.5) is 16.2 Å². The van der Waals surface area contributed by atoms with Gasteiger partial charge in [0.1, 0.15) is 11.5 Å². The average Bonchev–Trinajstić information content (AvgIpc) is 2.68. The molecule has 1 N–H and O–H groups in total. The second kappa shape index (κ2) is 7.79. The fourth-order valence-electron chi connectivity index (χ4n) is 2.91. The summed E-state index contributed by atoms with van der Waals surface area (Å²) >= 11 is 0. The minimum atomic E-state index is -0.126. The number of ether oxygens (including phenoxy) is 2. The number of benzene rings is 2. The lowest BCUT2D eigenvalue weighted by Crippen LogP contribution is -2.50. The number of carbonyl (C=O) groups excluding carboxylic acids is 1. The van der Waals surface area contributed by atoms with Crippen LogP contribution in [0.25, 0.3) is 0 Å². The van der Waals surface area contributed by atoms with Crippen molar-refractivity contribution in [1.29, 1.82) is 0 Å². The molecule has 0 saturated carbocycles. The summed E-state index contributed by atoms with van der Waals surface area (Å²) in [6, 6.07) is 15.5. The smallest absolute Gasteiger partial charge is 0.322 e. The van der Waals surface area contributed by atoms with Gasteiger partial charge in [0.05, 0.1) is 19.9 Å². The van der Waals surface area contributed by atoms with Gasteiger partial charge in [-0.2, -0.15) is 0 Å². The number of anilines is 2. The number of hydrogen-bond donors (Lipinski definition) is 1. The maximum Gasteiger partial charge on any atom is 0.322 e. The first-order valence-electron chi connectivity index (χ1n) is 8.29. The minimum absolute atomic E-state index is 0.126. The first kappa shape index (κ1) is 17.0. The van der Waals surface area contributed by atoms with Crippen molar-refractivity contribution in [2.75, 3.05) is 50.6 Å². The van der Waals surface area contributed by atoms with Crippen molar-refractivity contribution in [3.63, 3.8) is 0 Å². The van der Waals surface area contributed by atoms with Crippen LogP contribution in [0, 0.1) is 0 Å². The largest absolute Gasteiger partial charge is 0.497 e. The summed E-state index contributed by atoms with van der Waals surface area (Å²) < 4.78 is 10.5. The predicted octanol–water partition coefficient (Wildman–Crippen LogP) is 3.06. The first-order valence-corrected chi connectivity index (χ1v) is 8.29. The van der Waals surface area contributed by atoms with Crippen LogP contribution in [0.3, 0.4) is 0 Å². The lowest BCUT2D eigenvalue weighted by molar-refractivity contribution is 0.208. The summed E-state index contributed by atoms with van der Waals surface area (Å²) in [5, 5.41) is 2.92. The molecule has 2 amide bonds. The van der Waals surface area contributed by atoms with Gasteiger partial charge in [0.2, 0.25) is 0 Å². The minimum Gasteiger partial charge on any atom is -0.497 e. The molecular formula is C19H23N3O3. The number of hydrogen-bond acceptors (Lipinski definition) is 4. The van der Waals surface area contributed by atoms with Gasteiger partial charge in [0.25, 0.3) is 0 Å². The van der Waals surface area contributed by atoms with E-state index in [4.69, 9.17) is 9.47 Å². The number of urea groups is 1. The topological polar surface area (TPSA) is 54.0 Å². The van der Waals surface area contributed by atoms with Crippen molar-refractivity contribution >= 4 is 17.4 Å². The Labute approximate surface area is 147 Å². The van der Waals surface area contributed by atoms with E-state index in [0.29, 0.717) is 30.3 Å². The van der Waals surface area contributed by atoms with E-state index in [9.17, 15) is 4.79 Å². The quantitative estimate of drug-likeness (QED) is 0.929. The van der Waals surface area contributed by atoms with Gasteiger partial charge in [-0.25, -0.2) is 4.79 Å². The van der Waals surface area contributed by atoms with Gasteiger partial charge < -0.3 is 24.6 Å². The Morgan fingerprint density at radius 3 is 2.32 bits per heavy atom. The van der Waals surface area contributed by atoms with E-state index in [0.717, 1.165) is 13.1 Å². The second-order valence-corrected chi connectivity index (χ2v) is 5.81. The van der Waals surface area contributed by atoms with Gasteiger partial charge in [0, 0.05) is 37.9 Å². The molecule has 0 unspecified atom stereocenters. The number of piperazine rings is 1. The van der Waals surface area contributed by atoms with Gasteiger partial charge in [-0.05, 0) is 24.3 Å². The number of nitrogens with one attached hydrogen (secondary N) is 1. The van der Waals surface area contributed by atoms with Crippen molar-refractivity contribution in [2.24, 2.45) is 0 Å². The lowest BCUT2D eigenvalue weighted by Gasteiger charge is -2.36. The fraction of sp³-hybridized carbons (Fsp3) is 0.316. The Morgan fingerprint density at radius 1 is 0.960 bits per heavy atom. The molecule has 0 spiro atoms. The van der Waals surface area contributed by atoms with Crippen LogP contribution in [0.5, 0.6) is 11.5 Å². The summed E-state index contributed by atoms with van der Waals surface area (Å²) in [5.74, 6) is 1.28. The molecule has 1 aliphatic rings. The van der Waals surface area contributed by atoms with E-state index in [1.165, 1.54) is 5.69 Å².